The summed E-state index contributed by atoms with van der Waals surface area (Å²) in [6.45, 7) is 4.28. The van der Waals surface area contributed by atoms with Crippen LogP contribution in [0.5, 0.6) is 0 Å². The van der Waals surface area contributed by atoms with E-state index >= 15 is 0 Å². The molecule has 0 radical (unpaired) electrons. The molecule has 0 aromatic carbocycles. The fourth-order valence-corrected chi connectivity index (χ4v) is 3.60. The summed E-state index contributed by atoms with van der Waals surface area (Å²) in [5, 5.41) is 9.24. The molecule has 3 heteroatoms. The Morgan fingerprint density at radius 3 is 2.64 bits per heavy atom. The molecule has 0 spiro atoms. The minimum absolute atomic E-state index is 0.251. The predicted molar refractivity (Wildman–Crippen MR) is 50.6 cm³/mol. The van der Waals surface area contributed by atoms with E-state index in [9.17, 15) is 5.11 Å². The van der Waals surface area contributed by atoms with Crippen molar-refractivity contribution in [3.05, 3.63) is 0 Å². The Kier molecular flexibility index (Phi) is 1.77. The quantitative estimate of drug-likeness (QED) is 0.687. The van der Waals surface area contributed by atoms with Gasteiger partial charge in [0.25, 0.3) is 0 Å². The lowest BCUT2D eigenvalue weighted by atomic mass is 9.86. The van der Waals surface area contributed by atoms with E-state index in [1.807, 2.05) is 13.8 Å². The van der Waals surface area contributed by atoms with Crippen LogP contribution in [0.1, 0.15) is 26.7 Å². The van der Waals surface area contributed by atoms with Crippen LogP contribution in [0.25, 0.3) is 0 Å². The van der Waals surface area contributed by atoms with E-state index in [0.29, 0.717) is 30.5 Å². The summed E-state index contributed by atoms with van der Waals surface area (Å²) >= 11 is 0. The fraction of sp³-hybridized carbons (Fsp3) is 1.00. The number of hydrogen-bond donors (Lipinski definition) is 1. The van der Waals surface area contributed by atoms with Crippen LogP contribution >= 0.6 is 0 Å². The topological polar surface area (TPSA) is 38.7 Å². The summed E-state index contributed by atoms with van der Waals surface area (Å²) in [6, 6.07) is 0. The van der Waals surface area contributed by atoms with Crippen molar-refractivity contribution in [3.8, 4) is 0 Å². The highest BCUT2D eigenvalue weighted by molar-refractivity contribution is 5.05. The van der Waals surface area contributed by atoms with Gasteiger partial charge < -0.3 is 14.6 Å². The Bertz CT molecular complexity index is 249. The first-order valence-electron chi connectivity index (χ1n) is 5.57. The minimum atomic E-state index is -0.406. The van der Waals surface area contributed by atoms with Gasteiger partial charge in [0.2, 0.25) is 0 Å². The second kappa shape index (κ2) is 2.71. The molecule has 3 rings (SSSR count). The third-order valence-electron chi connectivity index (χ3n) is 4.07. The zero-order valence-corrected chi connectivity index (χ0v) is 8.77. The van der Waals surface area contributed by atoms with Gasteiger partial charge in [0.05, 0.1) is 12.2 Å². The van der Waals surface area contributed by atoms with Crippen LogP contribution in [0.4, 0.5) is 0 Å². The van der Waals surface area contributed by atoms with Crippen molar-refractivity contribution in [2.24, 2.45) is 17.8 Å². The maximum Gasteiger partial charge on any atom is 0.163 e. The lowest BCUT2D eigenvalue weighted by molar-refractivity contribution is -0.158. The first kappa shape index (κ1) is 9.13. The van der Waals surface area contributed by atoms with Gasteiger partial charge in [-0.25, -0.2) is 0 Å². The molecule has 0 aromatic heterocycles. The van der Waals surface area contributed by atoms with Crippen molar-refractivity contribution in [1.82, 2.24) is 0 Å². The molecule has 3 nitrogen and oxygen atoms in total. The maximum atomic E-state index is 9.24. The molecule has 3 fully saturated rings. The van der Waals surface area contributed by atoms with Crippen molar-refractivity contribution >= 4 is 0 Å². The molecule has 1 saturated heterocycles. The molecule has 2 bridgehead atoms. The van der Waals surface area contributed by atoms with E-state index in [2.05, 4.69) is 0 Å². The summed E-state index contributed by atoms with van der Waals surface area (Å²) in [6.07, 6.45) is 2.87. The number of aliphatic hydroxyl groups excluding tert-OH is 1. The van der Waals surface area contributed by atoms with Crippen LogP contribution in [-0.2, 0) is 9.47 Å². The van der Waals surface area contributed by atoms with Crippen molar-refractivity contribution in [1.29, 1.82) is 0 Å². The summed E-state index contributed by atoms with van der Waals surface area (Å²) in [5.41, 5.74) is 0. The lowest BCUT2D eigenvalue weighted by Gasteiger charge is -2.27. The molecule has 1 heterocycles. The molecule has 3 aliphatic rings. The molecule has 14 heavy (non-hydrogen) atoms. The Morgan fingerprint density at radius 2 is 1.93 bits per heavy atom. The predicted octanol–water partition coefficient (Wildman–Crippen LogP) is 1.15. The molecule has 1 N–H and O–H groups in total. The van der Waals surface area contributed by atoms with E-state index in [0.717, 1.165) is 6.42 Å². The van der Waals surface area contributed by atoms with Crippen LogP contribution in [-0.4, -0.2) is 29.7 Å². The van der Waals surface area contributed by atoms with Crippen LogP contribution < -0.4 is 0 Å². The van der Waals surface area contributed by atoms with Gasteiger partial charge in [-0.05, 0) is 44.4 Å². The molecule has 2 aliphatic carbocycles. The maximum absolute atomic E-state index is 9.24. The van der Waals surface area contributed by atoms with E-state index in [1.165, 1.54) is 6.42 Å². The lowest BCUT2D eigenvalue weighted by Crippen LogP contribution is -2.35. The van der Waals surface area contributed by atoms with Crippen LogP contribution in [0.2, 0.25) is 0 Å². The molecular formula is C11H18O3. The number of ether oxygens (including phenoxy) is 2. The first-order valence-corrected chi connectivity index (χ1v) is 5.57. The van der Waals surface area contributed by atoms with Gasteiger partial charge in [0.1, 0.15) is 0 Å². The zero-order valence-electron chi connectivity index (χ0n) is 8.77. The van der Waals surface area contributed by atoms with E-state index in [-0.39, 0.29) is 6.10 Å². The average molecular weight is 198 g/mol. The molecule has 0 amide bonds. The summed E-state index contributed by atoms with van der Waals surface area (Å²) in [5.74, 6) is 1.22. The molecule has 5 unspecified atom stereocenters. The second-order valence-corrected chi connectivity index (χ2v) is 5.40. The van der Waals surface area contributed by atoms with Gasteiger partial charge in [-0.1, -0.05) is 0 Å². The van der Waals surface area contributed by atoms with Crippen molar-refractivity contribution < 1.29 is 14.6 Å². The molecule has 2 saturated carbocycles. The Hall–Kier alpha value is -0.120. The van der Waals surface area contributed by atoms with Gasteiger partial charge in [0, 0.05) is 6.61 Å². The standard InChI is InChI=1S/C11H18O3/c1-11(2)13-9-6-3-7(5-12)8(4-6)10(9)14-11/h6-10,12H,3-5H2,1-2H3. The Balaban J connectivity index is 1.82. The van der Waals surface area contributed by atoms with Crippen molar-refractivity contribution in [2.45, 2.75) is 44.7 Å². The van der Waals surface area contributed by atoms with Crippen molar-refractivity contribution in [2.75, 3.05) is 6.61 Å². The molecule has 80 valence electrons. The first-order chi connectivity index (χ1) is 6.61. The zero-order chi connectivity index (χ0) is 9.92. The number of rotatable bonds is 1. The van der Waals surface area contributed by atoms with Crippen molar-refractivity contribution in [3.63, 3.8) is 0 Å². The van der Waals surface area contributed by atoms with Crippen LogP contribution in [0.15, 0.2) is 0 Å². The number of hydrogen-bond acceptors (Lipinski definition) is 3. The monoisotopic (exact) mass is 198 g/mol. The molecular weight excluding hydrogens is 180 g/mol. The second-order valence-electron chi connectivity index (χ2n) is 5.40. The van der Waals surface area contributed by atoms with Gasteiger partial charge >= 0.3 is 0 Å². The normalized spacial score (nSPS) is 53.8. The van der Waals surface area contributed by atoms with E-state index < -0.39 is 5.79 Å². The minimum Gasteiger partial charge on any atom is -0.396 e. The summed E-state index contributed by atoms with van der Waals surface area (Å²) < 4.78 is 11.8. The van der Waals surface area contributed by atoms with Gasteiger partial charge in [-0.2, -0.15) is 0 Å². The largest absolute Gasteiger partial charge is 0.396 e. The third-order valence-corrected chi connectivity index (χ3v) is 4.07. The molecule has 5 atom stereocenters. The summed E-state index contributed by atoms with van der Waals surface area (Å²) in [4.78, 5) is 0. The third kappa shape index (κ3) is 1.09. The highest BCUT2D eigenvalue weighted by Gasteiger charge is 2.59. The van der Waals surface area contributed by atoms with Gasteiger partial charge in [0.15, 0.2) is 5.79 Å². The van der Waals surface area contributed by atoms with Crippen LogP contribution in [0.3, 0.4) is 0 Å². The van der Waals surface area contributed by atoms with E-state index in [1.54, 1.807) is 0 Å². The fourth-order valence-electron chi connectivity index (χ4n) is 3.60. The van der Waals surface area contributed by atoms with Gasteiger partial charge in [-0.3, -0.25) is 0 Å². The number of fused-ring (bicyclic) bond motifs is 5. The molecule has 1 aliphatic heterocycles. The summed E-state index contributed by atoms with van der Waals surface area (Å²) in [7, 11) is 0. The molecule has 0 aromatic rings. The van der Waals surface area contributed by atoms with Gasteiger partial charge in [-0.15, -0.1) is 0 Å². The average Bonchev–Trinajstić information content (AvgIpc) is 2.70. The Morgan fingerprint density at radius 1 is 1.21 bits per heavy atom. The number of aliphatic hydroxyl groups is 1. The smallest absolute Gasteiger partial charge is 0.163 e. The van der Waals surface area contributed by atoms with E-state index in [4.69, 9.17) is 9.47 Å². The SMILES string of the molecule is CC1(C)OC2C3CC(CO)C(C3)C2O1. The highest BCUT2D eigenvalue weighted by Crippen LogP contribution is 2.55. The Labute approximate surface area is 84.4 Å². The highest BCUT2D eigenvalue weighted by atomic mass is 16.8. The van der Waals surface area contributed by atoms with Crippen LogP contribution in [0, 0.1) is 17.8 Å².